The largest absolute Gasteiger partial charge is 0.396 e. The van der Waals surface area contributed by atoms with Gasteiger partial charge in [-0.05, 0) is 11.8 Å². The van der Waals surface area contributed by atoms with Gasteiger partial charge in [0.2, 0.25) is 0 Å². The van der Waals surface area contributed by atoms with Crippen LogP contribution >= 0.6 is 6.72 Å². The number of rotatable bonds is 15. The lowest BCUT2D eigenvalue weighted by Crippen LogP contribution is -2.54. The highest BCUT2D eigenvalue weighted by Crippen LogP contribution is 2.43. The minimum atomic E-state index is -3.29. The second-order valence-corrected chi connectivity index (χ2v) is 9.75. The Morgan fingerprint density at radius 2 is 1.29 bits per heavy atom. The lowest BCUT2D eigenvalue weighted by atomic mass is 10.2. The first-order chi connectivity index (χ1) is 11.1. The van der Waals surface area contributed by atoms with Crippen molar-refractivity contribution in [2.24, 2.45) is 0 Å². The fourth-order valence-electron chi connectivity index (χ4n) is 2.32. The number of quaternary nitrogens is 2. The van der Waals surface area contributed by atoms with E-state index in [1.807, 2.05) is 21.1 Å². The number of likely N-dealkylation sites (N-methyl/N-ethyl adjacent to an activating group) is 1. The predicted octanol–water partition coefficient (Wildman–Crippen LogP) is -0.874. The van der Waals surface area contributed by atoms with E-state index in [0.29, 0.717) is 54.7 Å². The van der Waals surface area contributed by atoms with Gasteiger partial charge in [0.15, 0.2) is 0 Å². The van der Waals surface area contributed by atoms with Crippen molar-refractivity contribution in [1.82, 2.24) is 0 Å². The zero-order valence-electron chi connectivity index (χ0n) is 15.1. The summed E-state index contributed by atoms with van der Waals surface area (Å²) >= 11 is 5.01. The Balaban J connectivity index is 4.48. The van der Waals surface area contributed by atoms with Crippen LogP contribution in [0.25, 0.3) is 0 Å². The standard InChI is InChI=1S/C14H34N2O6PS/c1-15(2,3)8-13-21-23(20,24)22-14-9-16(6-11-18,7-12-19)5-4-10-17/h17-19H,4-14H2,1-3H3/q+1/p+1. The highest BCUT2D eigenvalue weighted by Gasteiger charge is 2.27. The van der Waals surface area contributed by atoms with Crippen LogP contribution in [0.1, 0.15) is 6.42 Å². The molecule has 0 bridgehead atoms. The fourth-order valence-corrected chi connectivity index (χ4v) is 3.46. The summed E-state index contributed by atoms with van der Waals surface area (Å²) in [6.07, 6.45) is 0.563. The van der Waals surface area contributed by atoms with E-state index in [4.69, 9.17) is 26.0 Å². The van der Waals surface area contributed by atoms with Crippen LogP contribution in [0, 0.1) is 0 Å². The third-order valence-electron chi connectivity index (χ3n) is 3.78. The molecule has 0 aliphatic rings. The maximum Gasteiger partial charge on any atom is 0.324 e. The van der Waals surface area contributed by atoms with Gasteiger partial charge in [-0.1, -0.05) is 0 Å². The van der Waals surface area contributed by atoms with E-state index < -0.39 is 6.72 Å². The zero-order chi connectivity index (χ0) is 18.7. The lowest BCUT2D eigenvalue weighted by molar-refractivity contribution is -0.929. The number of nitrogens with zero attached hydrogens (tertiary/aromatic N) is 2. The number of hydrogen-bond donors (Lipinski definition) is 4. The van der Waals surface area contributed by atoms with E-state index in [9.17, 15) is 15.1 Å². The Kier molecular flexibility index (Phi) is 12.0. The molecule has 0 rings (SSSR count). The molecule has 0 aromatic rings. The monoisotopic (exact) mass is 390 g/mol. The maximum atomic E-state index is 10.1. The van der Waals surface area contributed by atoms with Crippen molar-refractivity contribution in [1.29, 1.82) is 0 Å². The molecule has 0 heterocycles. The van der Waals surface area contributed by atoms with Crippen LogP contribution in [-0.2, 0) is 20.9 Å². The predicted molar refractivity (Wildman–Crippen MR) is 96.9 cm³/mol. The van der Waals surface area contributed by atoms with Crippen LogP contribution in [0.3, 0.4) is 0 Å². The van der Waals surface area contributed by atoms with Crippen molar-refractivity contribution in [2.75, 3.05) is 86.9 Å². The van der Waals surface area contributed by atoms with Crippen LogP contribution in [-0.4, -0.2) is 116 Å². The molecule has 4 N–H and O–H groups in total. The first-order valence-electron chi connectivity index (χ1n) is 8.20. The molecule has 0 aromatic heterocycles. The van der Waals surface area contributed by atoms with Gasteiger partial charge in [-0.3, -0.25) is 0 Å². The molecular formula is C14H35N2O6PS+2. The van der Waals surface area contributed by atoms with Crippen molar-refractivity contribution in [3.8, 4) is 0 Å². The summed E-state index contributed by atoms with van der Waals surface area (Å²) in [7, 11) is 6.05. The van der Waals surface area contributed by atoms with Gasteiger partial charge in [-0.2, -0.15) is 0 Å². The van der Waals surface area contributed by atoms with E-state index in [-0.39, 0.29) is 26.4 Å². The molecule has 1 atom stereocenters. The normalized spacial score (nSPS) is 15.5. The number of aliphatic hydroxyl groups is 3. The summed E-state index contributed by atoms with van der Waals surface area (Å²) in [6.45, 7) is -0.145. The first kappa shape index (κ1) is 24.3. The minimum Gasteiger partial charge on any atom is -0.396 e. The molecule has 0 saturated carbocycles. The molecule has 10 heteroatoms. The van der Waals surface area contributed by atoms with Crippen molar-refractivity contribution < 1.29 is 38.2 Å². The van der Waals surface area contributed by atoms with Gasteiger partial charge in [-0.25, -0.2) is 0 Å². The van der Waals surface area contributed by atoms with Crippen molar-refractivity contribution in [3.63, 3.8) is 0 Å². The van der Waals surface area contributed by atoms with E-state index in [2.05, 4.69) is 0 Å². The Bertz CT molecular complexity index is 375. The smallest absolute Gasteiger partial charge is 0.324 e. The summed E-state index contributed by atoms with van der Waals surface area (Å²) in [5, 5.41) is 27.6. The van der Waals surface area contributed by atoms with Crippen LogP contribution in [0.5, 0.6) is 0 Å². The molecule has 8 nitrogen and oxygen atoms in total. The van der Waals surface area contributed by atoms with Crippen molar-refractivity contribution >= 4 is 18.5 Å². The minimum absolute atomic E-state index is 0.0291. The molecule has 0 radical (unpaired) electrons. The SMILES string of the molecule is C[N+](C)(C)CCOP(O)(=S)OCC[N+](CCO)(CCO)CCCO. The zero-order valence-corrected chi connectivity index (χ0v) is 16.8. The molecule has 0 amide bonds. The molecule has 0 aliphatic heterocycles. The fraction of sp³-hybridized carbons (Fsp3) is 1.00. The quantitative estimate of drug-likeness (QED) is 0.213. The van der Waals surface area contributed by atoms with Crippen molar-refractivity contribution in [2.45, 2.75) is 6.42 Å². The van der Waals surface area contributed by atoms with Crippen LogP contribution < -0.4 is 0 Å². The molecule has 1 unspecified atom stereocenters. The molecule has 0 aliphatic carbocycles. The van der Waals surface area contributed by atoms with Crippen molar-refractivity contribution in [3.05, 3.63) is 0 Å². The maximum absolute atomic E-state index is 10.1. The Hall–Kier alpha value is 0.330. The molecule has 146 valence electrons. The Morgan fingerprint density at radius 1 is 0.792 bits per heavy atom. The average molecular weight is 390 g/mol. The molecule has 0 aromatic carbocycles. The van der Waals surface area contributed by atoms with Gasteiger partial charge < -0.3 is 38.2 Å². The number of hydrogen-bond acceptors (Lipinski definition) is 6. The van der Waals surface area contributed by atoms with Gasteiger partial charge in [0.05, 0.1) is 40.9 Å². The van der Waals surface area contributed by atoms with E-state index in [1.165, 1.54) is 0 Å². The Labute approximate surface area is 150 Å². The van der Waals surface area contributed by atoms with Crippen LogP contribution in [0.15, 0.2) is 0 Å². The average Bonchev–Trinajstić information content (AvgIpc) is 2.43. The van der Waals surface area contributed by atoms with Gasteiger partial charge >= 0.3 is 6.72 Å². The highest BCUT2D eigenvalue weighted by molar-refractivity contribution is 8.07. The third kappa shape index (κ3) is 11.8. The van der Waals surface area contributed by atoms with Crippen LogP contribution in [0.2, 0.25) is 0 Å². The summed E-state index contributed by atoms with van der Waals surface area (Å²) in [6, 6.07) is 0. The molecule has 0 saturated heterocycles. The summed E-state index contributed by atoms with van der Waals surface area (Å²) in [4.78, 5) is 10.1. The van der Waals surface area contributed by atoms with Gasteiger partial charge in [0.1, 0.15) is 39.4 Å². The topological polar surface area (TPSA) is 99.4 Å². The third-order valence-corrected chi connectivity index (χ3v) is 5.43. The van der Waals surface area contributed by atoms with E-state index in [1.54, 1.807) is 0 Å². The van der Waals surface area contributed by atoms with E-state index >= 15 is 0 Å². The second kappa shape index (κ2) is 11.9. The Morgan fingerprint density at radius 3 is 1.71 bits per heavy atom. The first-order valence-corrected chi connectivity index (χ1v) is 10.8. The second-order valence-electron chi connectivity index (χ2n) is 6.91. The number of aliphatic hydroxyl groups excluding tert-OH is 3. The van der Waals surface area contributed by atoms with E-state index in [0.717, 1.165) is 0 Å². The highest BCUT2D eigenvalue weighted by atomic mass is 32.5. The lowest BCUT2D eigenvalue weighted by Gasteiger charge is -2.38. The molecule has 0 fully saturated rings. The van der Waals surface area contributed by atoms with Gasteiger partial charge in [0, 0.05) is 13.0 Å². The van der Waals surface area contributed by atoms with Gasteiger partial charge in [0.25, 0.3) is 0 Å². The molecule has 0 spiro atoms. The van der Waals surface area contributed by atoms with Gasteiger partial charge in [-0.15, -0.1) is 0 Å². The summed E-state index contributed by atoms with van der Waals surface area (Å²) in [5.41, 5.74) is 0. The molecule has 24 heavy (non-hydrogen) atoms. The summed E-state index contributed by atoms with van der Waals surface area (Å²) in [5.74, 6) is 0. The summed E-state index contributed by atoms with van der Waals surface area (Å²) < 4.78 is 11.8. The molecular weight excluding hydrogens is 355 g/mol. The van der Waals surface area contributed by atoms with Crippen LogP contribution in [0.4, 0.5) is 0 Å².